The van der Waals surface area contributed by atoms with Crippen LogP contribution < -0.4 is 0 Å². The lowest BCUT2D eigenvalue weighted by Crippen LogP contribution is -2.24. The highest BCUT2D eigenvalue weighted by Crippen LogP contribution is 2.55. The third-order valence-electron chi connectivity index (χ3n) is 1.04. The maximum Gasteiger partial charge on any atom is 0.530 e. The summed E-state index contributed by atoms with van der Waals surface area (Å²) in [6.45, 7) is 10.4. The van der Waals surface area contributed by atoms with E-state index in [0.717, 1.165) is 6.26 Å². The van der Waals surface area contributed by atoms with Gasteiger partial charge in [0.1, 0.15) is 10.8 Å². The highest BCUT2D eigenvalue weighted by atomic mass is 35.5. The molecular formula is C10H19Cl2O4P. The summed E-state index contributed by atoms with van der Waals surface area (Å²) in [6, 6.07) is 0. The van der Waals surface area contributed by atoms with Gasteiger partial charge in [-0.3, -0.25) is 9.05 Å². The van der Waals surface area contributed by atoms with Gasteiger partial charge in [0.2, 0.25) is 0 Å². The number of hydrogen-bond donors (Lipinski definition) is 0. The van der Waals surface area contributed by atoms with Crippen LogP contribution in [0.1, 0.15) is 41.5 Å². The number of phosphoric ester groups is 1. The summed E-state index contributed by atoms with van der Waals surface area (Å²) in [5.74, 6) is 0. The summed E-state index contributed by atoms with van der Waals surface area (Å²) in [6.07, 6.45) is 0.932. The van der Waals surface area contributed by atoms with Crippen LogP contribution in [0.25, 0.3) is 0 Å². The summed E-state index contributed by atoms with van der Waals surface area (Å²) in [5.41, 5.74) is -1.37. The Kier molecular flexibility index (Phi) is 6.04. The zero-order valence-corrected chi connectivity index (χ0v) is 13.3. The normalized spacial score (nSPS) is 13.4. The Morgan fingerprint density at radius 3 is 1.59 bits per heavy atom. The molecule has 0 spiro atoms. The van der Waals surface area contributed by atoms with Crippen LogP contribution in [0.2, 0.25) is 0 Å². The van der Waals surface area contributed by atoms with E-state index in [2.05, 4.69) is 0 Å². The molecule has 0 radical (unpaired) electrons. The third-order valence-corrected chi connectivity index (χ3v) is 3.13. The Labute approximate surface area is 113 Å². The zero-order chi connectivity index (χ0) is 13.9. The number of halogens is 2. The van der Waals surface area contributed by atoms with E-state index in [9.17, 15) is 4.57 Å². The van der Waals surface area contributed by atoms with Crippen molar-refractivity contribution >= 4 is 31.0 Å². The van der Waals surface area contributed by atoms with E-state index >= 15 is 0 Å². The molecule has 0 aromatic carbocycles. The molecule has 0 fully saturated rings. The van der Waals surface area contributed by atoms with Crippen LogP contribution in [-0.4, -0.2) is 11.2 Å². The Balaban J connectivity index is 4.95. The third kappa shape index (κ3) is 9.93. The Hall–Kier alpha value is 0.270. The van der Waals surface area contributed by atoms with Crippen molar-refractivity contribution in [3.8, 4) is 0 Å². The van der Waals surface area contributed by atoms with Crippen molar-refractivity contribution < 1.29 is 18.1 Å². The molecule has 7 heteroatoms. The molecule has 0 aromatic rings. The first-order valence-electron chi connectivity index (χ1n) is 5.04. The van der Waals surface area contributed by atoms with Gasteiger partial charge in [0, 0.05) is 0 Å². The van der Waals surface area contributed by atoms with Crippen LogP contribution in [0.5, 0.6) is 0 Å². The van der Waals surface area contributed by atoms with Crippen molar-refractivity contribution in [2.45, 2.75) is 52.7 Å². The van der Waals surface area contributed by atoms with Crippen LogP contribution in [0.4, 0.5) is 0 Å². The molecule has 0 saturated carbocycles. The molecule has 0 atom stereocenters. The lowest BCUT2D eigenvalue weighted by atomic mass is 10.2. The molecule has 0 aliphatic rings. The molecule has 0 aliphatic heterocycles. The minimum absolute atomic E-state index is 0.166. The lowest BCUT2D eigenvalue weighted by molar-refractivity contribution is 0.0159. The van der Waals surface area contributed by atoms with Gasteiger partial charge in [-0.15, -0.1) is 0 Å². The minimum Gasteiger partial charge on any atom is -0.409 e. The van der Waals surface area contributed by atoms with Crippen molar-refractivity contribution in [3.63, 3.8) is 0 Å². The fraction of sp³-hybridized carbons (Fsp3) is 0.800. The molecule has 0 aromatic heterocycles. The first kappa shape index (κ1) is 17.3. The number of phosphoric acid groups is 1. The molecule has 0 saturated heterocycles. The Morgan fingerprint density at radius 1 is 1.00 bits per heavy atom. The number of hydrogen-bond acceptors (Lipinski definition) is 4. The second-order valence-corrected chi connectivity index (χ2v) is 7.85. The Morgan fingerprint density at radius 2 is 1.35 bits per heavy atom. The highest BCUT2D eigenvalue weighted by molar-refractivity contribution is 7.48. The smallest absolute Gasteiger partial charge is 0.409 e. The van der Waals surface area contributed by atoms with Gasteiger partial charge in [0.15, 0.2) is 0 Å². The standard InChI is InChI=1S/C10H19Cl2O4P/c1-9(2,3)15-17(13,14-7-8(11)12)16-10(4,5)6/h7H,1-6H3. The minimum atomic E-state index is -3.76. The fourth-order valence-electron chi connectivity index (χ4n) is 0.837. The first-order valence-corrected chi connectivity index (χ1v) is 7.26. The first-order chi connectivity index (χ1) is 7.33. The van der Waals surface area contributed by atoms with E-state index in [1.807, 2.05) is 0 Å². The Bertz CT molecular complexity index is 304. The fourth-order valence-corrected chi connectivity index (χ4v) is 2.75. The van der Waals surface area contributed by atoms with Gasteiger partial charge < -0.3 is 4.52 Å². The van der Waals surface area contributed by atoms with Crippen molar-refractivity contribution in [2.24, 2.45) is 0 Å². The van der Waals surface area contributed by atoms with E-state index in [1.165, 1.54) is 0 Å². The monoisotopic (exact) mass is 304 g/mol. The molecule has 0 rings (SSSR count). The SMILES string of the molecule is CC(C)(C)OP(=O)(OC=C(Cl)Cl)OC(C)(C)C. The van der Waals surface area contributed by atoms with Gasteiger partial charge in [-0.25, -0.2) is 4.57 Å². The predicted octanol–water partition coefficient (Wildman–Crippen LogP) is 5.02. The zero-order valence-electron chi connectivity index (χ0n) is 10.9. The second kappa shape index (κ2) is 5.94. The van der Waals surface area contributed by atoms with Crippen molar-refractivity contribution in [1.29, 1.82) is 0 Å². The molecule has 17 heavy (non-hydrogen) atoms. The maximum absolute atomic E-state index is 12.3. The topological polar surface area (TPSA) is 44.8 Å². The molecule has 0 unspecified atom stereocenters. The average Bonchev–Trinajstić information content (AvgIpc) is 1.93. The van der Waals surface area contributed by atoms with Gasteiger partial charge >= 0.3 is 7.82 Å². The quantitative estimate of drug-likeness (QED) is 0.540. The summed E-state index contributed by atoms with van der Waals surface area (Å²) >= 11 is 10.8. The van der Waals surface area contributed by atoms with Gasteiger partial charge in [-0.2, -0.15) is 0 Å². The molecule has 102 valence electrons. The summed E-state index contributed by atoms with van der Waals surface area (Å²) in [4.78, 5) is 0. The molecular weight excluding hydrogens is 286 g/mol. The largest absolute Gasteiger partial charge is 0.530 e. The van der Waals surface area contributed by atoms with Gasteiger partial charge in [-0.1, -0.05) is 23.2 Å². The summed E-state index contributed by atoms with van der Waals surface area (Å²) in [7, 11) is -3.76. The molecule has 0 bridgehead atoms. The highest BCUT2D eigenvalue weighted by Gasteiger charge is 2.37. The van der Waals surface area contributed by atoms with E-state index < -0.39 is 19.0 Å². The lowest BCUT2D eigenvalue weighted by Gasteiger charge is -2.29. The average molecular weight is 305 g/mol. The van der Waals surface area contributed by atoms with Gasteiger partial charge in [0.05, 0.1) is 11.2 Å². The maximum atomic E-state index is 12.3. The molecule has 0 N–H and O–H groups in total. The van der Waals surface area contributed by atoms with Crippen LogP contribution in [0.15, 0.2) is 10.8 Å². The van der Waals surface area contributed by atoms with Crippen molar-refractivity contribution in [2.75, 3.05) is 0 Å². The van der Waals surface area contributed by atoms with Gasteiger partial charge in [0.25, 0.3) is 0 Å². The van der Waals surface area contributed by atoms with Crippen LogP contribution >= 0.6 is 31.0 Å². The van der Waals surface area contributed by atoms with Gasteiger partial charge in [-0.05, 0) is 41.5 Å². The number of rotatable bonds is 4. The molecule has 4 nitrogen and oxygen atoms in total. The summed E-state index contributed by atoms with van der Waals surface area (Å²) < 4.78 is 27.7. The van der Waals surface area contributed by atoms with Crippen molar-refractivity contribution in [1.82, 2.24) is 0 Å². The summed E-state index contributed by atoms with van der Waals surface area (Å²) in [5, 5.41) is 0. The van der Waals surface area contributed by atoms with Crippen LogP contribution in [0, 0.1) is 0 Å². The van der Waals surface area contributed by atoms with Crippen LogP contribution in [0.3, 0.4) is 0 Å². The second-order valence-electron chi connectivity index (χ2n) is 5.37. The van der Waals surface area contributed by atoms with E-state index in [1.54, 1.807) is 41.5 Å². The van der Waals surface area contributed by atoms with E-state index in [0.29, 0.717) is 0 Å². The predicted molar refractivity (Wildman–Crippen MR) is 70.2 cm³/mol. The van der Waals surface area contributed by atoms with E-state index in [4.69, 9.17) is 36.8 Å². The molecule has 0 amide bonds. The van der Waals surface area contributed by atoms with E-state index in [-0.39, 0.29) is 4.49 Å². The van der Waals surface area contributed by atoms with Crippen molar-refractivity contribution in [3.05, 3.63) is 10.8 Å². The molecule has 0 aliphatic carbocycles. The van der Waals surface area contributed by atoms with Crippen LogP contribution in [-0.2, 0) is 18.1 Å². The molecule has 0 heterocycles.